The third-order valence-electron chi connectivity index (χ3n) is 4.85. The summed E-state index contributed by atoms with van der Waals surface area (Å²) in [6.45, 7) is 0.727. The van der Waals surface area contributed by atoms with E-state index in [1.54, 1.807) is 23.3 Å². The van der Waals surface area contributed by atoms with E-state index in [1.807, 2.05) is 18.2 Å². The summed E-state index contributed by atoms with van der Waals surface area (Å²) < 4.78 is 5.48. The summed E-state index contributed by atoms with van der Waals surface area (Å²) in [5.74, 6) is 0.994. The van der Waals surface area contributed by atoms with Crippen LogP contribution >= 0.6 is 0 Å². The summed E-state index contributed by atoms with van der Waals surface area (Å²) in [4.78, 5) is 26.3. The van der Waals surface area contributed by atoms with Crippen LogP contribution in [0.25, 0.3) is 0 Å². The summed E-state index contributed by atoms with van der Waals surface area (Å²) in [7, 11) is 0. The number of amides is 2. The summed E-state index contributed by atoms with van der Waals surface area (Å²) in [5.41, 5.74) is 2.47. The number of rotatable bonds is 3. The van der Waals surface area contributed by atoms with E-state index in [0.29, 0.717) is 12.0 Å². The van der Waals surface area contributed by atoms with Gasteiger partial charge in [-0.05, 0) is 43.5 Å². The van der Waals surface area contributed by atoms with Crippen LogP contribution in [-0.4, -0.2) is 18.4 Å². The number of nitrogens with zero attached hydrogens (tertiary/aromatic N) is 1. The number of anilines is 1. The van der Waals surface area contributed by atoms with Crippen molar-refractivity contribution in [2.24, 2.45) is 0 Å². The molecule has 1 fully saturated rings. The molecule has 1 aromatic carbocycles. The molecule has 1 atom stereocenters. The standard InChI is InChI=1S/C19H20N2O3/c22-18-8-3-10-21(18)14-5-1-4-13(12-14)19(23)20-16-6-2-7-17-15(16)9-11-24-17/h1,4-5,9,11-12,16H,2-3,6-8,10H2,(H,20,23). The zero-order valence-corrected chi connectivity index (χ0v) is 13.5. The molecule has 0 radical (unpaired) electrons. The molecule has 124 valence electrons. The number of fused-ring (bicyclic) bond motifs is 1. The molecule has 1 saturated heterocycles. The van der Waals surface area contributed by atoms with E-state index in [4.69, 9.17) is 4.42 Å². The Balaban J connectivity index is 1.52. The molecule has 2 amide bonds. The third kappa shape index (κ3) is 2.70. The molecule has 1 N–H and O–H groups in total. The maximum absolute atomic E-state index is 12.6. The van der Waals surface area contributed by atoms with E-state index in [1.165, 1.54) is 0 Å². The number of aryl methyl sites for hydroxylation is 1. The average molecular weight is 324 g/mol. The van der Waals surface area contributed by atoms with Crippen molar-refractivity contribution in [3.8, 4) is 0 Å². The van der Waals surface area contributed by atoms with Crippen molar-refractivity contribution in [3.05, 3.63) is 53.5 Å². The Morgan fingerprint density at radius 1 is 1.21 bits per heavy atom. The Kier molecular flexibility index (Phi) is 3.84. The lowest BCUT2D eigenvalue weighted by atomic mass is 9.93. The first-order valence-corrected chi connectivity index (χ1v) is 8.50. The lowest BCUT2D eigenvalue weighted by molar-refractivity contribution is -0.117. The van der Waals surface area contributed by atoms with Crippen molar-refractivity contribution >= 4 is 17.5 Å². The van der Waals surface area contributed by atoms with Gasteiger partial charge in [0.05, 0.1) is 12.3 Å². The second-order valence-electron chi connectivity index (χ2n) is 6.42. The monoisotopic (exact) mass is 324 g/mol. The quantitative estimate of drug-likeness (QED) is 0.943. The van der Waals surface area contributed by atoms with Gasteiger partial charge in [-0.2, -0.15) is 0 Å². The van der Waals surface area contributed by atoms with Crippen LogP contribution < -0.4 is 10.2 Å². The number of benzene rings is 1. The number of furan rings is 1. The molecular formula is C19H20N2O3. The smallest absolute Gasteiger partial charge is 0.251 e. The van der Waals surface area contributed by atoms with Crippen molar-refractivity contribution in [2.45, 2.75) is 38.1 Å². The molecule has 2 heterocycles. The Morgan fingerprint density at radius 2 is 2.12 bits per heavy atom. The Bertz CT molecular complexity index is 780. The van der Waals surface area contributed by atoms with Crippen LogP contribution in [-0.2, 0) is 11.2 Å². The van der Waals surface area contributed by atoms with Gasteiger partial charge in [-0.25, -0.2) is 0 Å². The molecule has 4 rings (SSSR count). The fourth-order valence-electron chi connectivity index (χ4n) is 3.61. The Hall–Kier alpha value is -2.56. The highest BCUT2D eigenvalue weighted by atomic mass is 16.3. The van der Waals surface area contributed by atoms with Gasteiger partial charge in [0.15, 0.2) is 0 Å². The van der Waals surface area contributed by atoms with Gasteiger partial charge in [-0.15, -0.1) is 0 Å². The highest BCUT2D eigenvalue weighted by molar-refractivity contribution is 5.99. The lowest BCUT2D eigenvalue weighted by Gasteiger charge is -2.23. The summed E-state index contributed by atoms with van der Waals surface area (Å²) in [6.07, 6.45) is 6.01. The van der Waals surface area contributed by atoms with Gasteiger partial charge in [0.1, 0.15) is 5.76 Å². The fourth-order valence-corrected chi connectivity index (χ4v) is 3.61. The second-order valence-corrected chi connectivity index (χ2v) is 6.42. The zero-order valence-electron chi connectivity index (χ0n) is 13.5. The van der Waals surface area contributed by atoms with Crippen LogP contribution in [0.3, 0.4) is 0 Å². The summed E-state index contributed by atoms with van der Waals surface area (Å²) >= 11 is 0. The molecular weight excluding hydrogens is 304 g/mol. The van der Waals surface area contributed by atoms with Gasteiger partial charge >= 0.3 is 0 Å². The summed E-state index contributed by atoms with van der Waals surface area (Å²) in [5, 5.41) is 3.10. The van der Waals surface area contributed by atoms with Gasteiger partial charge < -0.3 is 14.6 Å². The van der Waals surface area contributed by atoms with E-state index >= 15 is 0 Å². The molecule has 1 aliphatic carbocycles. The SMILES string of the molecule is O=C(NC1CCCc2occc21)c1cccc(N2CCCC2=O)c1. The molecule has 2 aliphatic rings. The van der Waals surface area contributed by atoms with Gasteiger partial charge in [0, 0.05) is 36.2 Å². The number of carbonyl (C=O) groups excluding carboxylic acids is 2. The molecule has 0 bridgehead atoms. The van der Waals surface area contributed by atoms with Crippen molar-refractivity contribution < 1.29 is 14.0 Å². The predicted molar refractivity (Wildman–Crippen MR) is 89.9 cm³/mol. The maximum Gasteiger partial charge on any atom is 0.251 e. The molecule has 0 saturated carbocycles. The first kappa shape index (κ1) is 15.0. The van der Waals surface area contributed by atoms with E-state index in [9.17, 15) is 9.59 Å². The molecule has 24 heavy (non-hydrogen) atoms. The molecule has 1 aromatic heterocycles. The van der Waals surface area contributed by atoms with Gasteiger partial charge in [0.25, 0.3) is 5.91 Å². The molecule has 1 unspecified atom stereocenters. The van der Waals surface area contributed by atoms with Gasteiger partial charge in [-0.3, -0.25) is 9.59 Å². The predicted octanol–water partition coefficient (Wildman–Crippen LogP) is 3.21. The fraction of sp³-hybridized carbons (Fsp3) is 0.368. The first-order valence-electron chi connectivity index (χ1n) is 8.50. The van der Waals surface area contributed by atoms with Crippen LogP contribution in [0.5, 0.6) is 0 Å². The number of carbonyl (C=O) groups is 2. The average Bonchev–Trinajstić information content (AvgIpc) is 3.24. The number of nitrogens with one attached hydrogen (secondary N) is 1. The normalized spacial score (nSPS) is 20.1. The molecule has 5 heteroatoms. The van der Waals surface area contributed by atoms with Crippen molar-refractivity contribution in [2.75, 3.05) is 11.4 Å². The topological polar surface area (TPSA) is 62.6 Å². The lowest BCUT2D eigenvalue weighted by Crippen LogP contribution is -2.31. The molecule has 1 aliphatic heterocycles. The minimum Gasteiger partial charge on any atom is -0.469 e. The second kappa shape index (κ2) is 6.15. The largest absolute Gasteiger partial charge is 0.469 e. The van der Waals surface area contributed by atoms with Crippen molar-refractivity contribution in [1.82, 2.24) is 5.32 Å². The third-order valence-corrected chi connectivity index (χ3v) is 4.85. The Morgan fingerprint density at radius 3 is 2.96 bits per heavy atom. The highest BCUT2D eigenvalue weighted by Crippen LogP contribution is 2.31. The highest BCUT2D eigenvalue weighted by Gasteiger charge is 2.25. The van der Waals surface area contributed by atoms with Crippen LogP contribution in [0.2, 0.25) is 0 Å². The molecule has 5 nitrogen and oxygen atoms in total. The van der Waals surface area contributed by atoms with Crippen molar-refractivity contribution in [3.63, 3.8) is 0 Å². The molecule has 2 aromatic rings. The van der Waals surface area contributed by atoms with E-state index in [-0.39, 0.29) is 17.9 Å². The minimum atomic E-state index is -0.109. The molecule has 0 spiro atoms. The van der Waals surface area contributed by atoms with E-state index in [0.717, 1.165) is 49.2 Å². The number of hydrogen-bond acceptors (Lipinski definition) is 3. The van der Waals surface area contributed by atoms with Gasteiger partial charge in [0.2, 0.25) is 5.91 Å². The first-order chi connectivity index (χ1) is 11.7. The van der Waals surface area contributed by atoms with E-state index < -0.39 is 0 Å². The van der Waals surface area contributed by atoms with Crippen LogP contribution in [0.1, 0.15) is 53.4 Å². The van der Waals surface area contributed by atoms with Crippen LogP contribution in [0.15, 0.2) is 41.0 Å². The van der Waals surface area contributed by atoms with Gasteiger partial charge in [-0.1, -0.05) is 6.07 Å². The van der Waals surface area contributed by atoms with Crippen molar-refractivity contribution in [1.29, 1.82) is 0 Å². The Labute approximate surface area is 140 Å². The summed E-state index contributed by atoms with van der Waals surface area (Å²) in [6, 6.07) is 9.25. The maximum atomic E-state index is 12.6. The van der Waals surface area contributed by atoms with Crippen LogP contribution in [0.4, 0.5) is 5.69 Å². The van der Waals surface area contributed by atoms with Crippen LogP contribution in [0, 0.1) is 0 Å². The zero-order chi connectivity index (χ0) is 16.5. The minimum absolute atomic E-state index is 0.00271. The van der Waals surface area contributed by atoms with E-state index in [2.05, 4.69) is 5.32 Å². The number of hydrogen-bond donors (Lipinski definition) is 1.